The van der Waals surface area contributed by atoms with Gasteiger partial charge in [0.2, 0.25) is 0 Å². The second-order valence-corrected chi connectivity index (χ2v) is 7.87. The topological polar surface area (TPSA) is 61.4 Å². The van der Waals surface area contributed by atoms with Gasteiger partial charge in [-0.25, -0.2) is 4.79 Å². The van der Waals surface area contributed by atoms with E-state index in [0.29, 0.717) is 19.4 Å². The Bertz CT molecular complexity index is 441. The first kappa shape index (κ1) is 17.9. The number of aliphatic hydroxyl groups is 1. The van der Waals surface area contributed by atoms with E-state index in [-0.39, 0.29) is 16.9 Å². The van der Waals surface area contributed by atoms with Crippen molar-refractivity contribution in [3.05, 3.63) is 24.3 Å². The SMILES string of the molecule is CCC(O)CCNC(=O)Nc1ccc(SC(C)(C)C)cc1. The highest BCUT2D eigenvalue weighted by molar-refractivity contribution is 8.00. The molecule has 1 aromatic carbocycles. The van der Waals surface area contributed by atoms with Gasteiger partial charge in [0.05, 0.1) is 6.10 Å². The molecule has 0 fully saturated rings. The van der Waals surface area contributed by atoms with Crippen LogP contribution in [-0.2, 0) is 0 Å². The number of hydrogen-bond donors (Lipinski definition) is 3. The Morgan fingerprint density at radius 1 is 1.29 bits per heavy atom. The fourth-order valence-corrected chi connectivity index (χ4v) is 2.67. The van der Waals surface area contributed by atoms with E-state index in [1.807, 2.05) is 31.2 Å². The van der Waals surface area contributed by atoms with Crippen molar-refractivity contribution in [2.75, 3.05) is 11.9 Å². The lowest BCUT2D eigenvalue weighted by Crippen LogP contribution is -2.31. The van der Waals surface area contributed by atoms with Gasteiger partial charge in [-0.15, -0.1) is 11.8 Å². The summed E-state index contributed by atoms with van der Waals surface area (Å²) in [6.45, 7) is 8.90. The van der Waals surface area contributed by atoms with E-state index in [1.165, 1.54) is 4.90 Å². The van der Waals surface area contributed by atoms with Gasteiger partial charge in [0.25, 0.3) is 0 Å². The molecule has 0 radical (unpaired) electrons. The van der Waals surface area contributed by atoms with Gasteiger partial charge < -0.3 is 15.7 Å². The number of hydrogen-bond acceptors (Lipinski definition) is 3. The van der Waals surface area contributed by atoms with Crippen LogP contribution < -0.4 is 10.6 Å². The van der Waals surface area contributed by atoms with Crippen molar-refractivity contribution in [1.29, 1.82) is 0 Å². The predicted molar refractivity (Wildman–Crippen MR) is 90.0 cm³/mol. The number of anilines is 1. The number of urea groups is 1. The second kappa shape index (κ2) is 8.29. The number of carbonyl (C=O) groups excluding carboxylic acids is 1. The number of thioether (sulfide) groups is 1. The Hall–Kier alpha value is -1.20. The number of aliphatic hydroxyl groups excluding tert-OH is 1. The number of rotatable bonds is 6. The first-order chi connectivity index (χ1) is 9.80. The molecule has 21 heavy (non-hydrogen) atoms. The molecule has 1 unspecified atom stereocenters. The summed E-state index contributed by atoms with van der Waals surface area (Å²) in [7, 11) is 0. The Kier molecular flexibility index (Phi) is 7.05. The highest BCUT2D eigenvalue weighted by Crippen LogP contribution is 2.32. The van der Waals surface area contributed by atoms with E-state index in [4.69, 9.17) is 0 Å². The average molecular weight is 310 g/mol. The molecular formula is C16H26N2O2S. The molecular weight excluding hydrogens is 284 g/mol. The van der Waals surface area contributed by atoms with E-state index in [9.17, 15) is 9.90 Å². The van der Waals surface area contributed by atoms with Crippen LogP contribution in [0.3, 0.4) is 0 Å². The second-order valence-electron chi connectivity index (χ2n) is 5.97. The third kappa shape index (κ3) is 7.97. The summed E-state index contributed by atoms with van der Waals surface area (Å²) < 4.78 is 0.173. The van der Waals surface area contributed by atoms with Crippen LogP contribution in [0.5, 0.6) is 0 Å². The van der Waals surface area contributed by atoms with Crippen molar-refractivity contribution in [3.63, 3.8) is 0 Å². The quantitative estimate of drug-likeness (QED) is 0.699. The number of benzene rings is 1. The van der Waals surface area contributed by atoms with Crippen LogP contribution in [0, 0.1) is 0 Å². The summed E-state index contributed by atoms with van der Waals surface area (Å²) in [5.41, 5.74) is 0.766. The van der Waals surface area contributed by atoms with Gasteiger partial charge in [-0.2, -0.15) is 0 Å². The van der Waals surface area contributed by atoms with E-state index < -0.39 is 0 Å². The summed E-state index contributed by atoms with van der Waals surface area (Å²) in [6.07, 6.45) is 0.931. The van der Waals surface area contributed by atoms with Crippen LogP contribution in [0.25, 0.3) is 0 Å². The maximum atomic E-state index is 11.7. The number of amides is 2. The minimum absolute atomic E-state index is 0.173. The lowest BCUT2D eigenvalue weighted by molar-refractivity contribution is 0.160. The standard InChI is InChI=1S/C16H26N2O2S/c1-5-13(19)10-11-17-15(20)18-12-6-8-14(9-7-12)21-16(2,3)4/h6-9,13,19H,5,10-11H2,1-4H3,(H2,17,18,20). The maximum Gasteiger partial charge on any atom is 0.319 e. The van der Waals surface area contributed by atoms with Crippen molar-refractivity contribution in [1.82, 2.24) is 5.32 Å². The molecule has 0 heterocycles. The summed E-state index contributed by atoms with van der Waals surface area (Å²) >= 11 is 1.79. The van der Waals surface area contributed by atoms with Gasteiger partial charge in [-0.3, -0.25) is 0 Å². The smallest absolute Gasteiger partial charge is 0.319 e. The molecule has 0 aliphatic heterocycles. The van der Waals surface area contributed by atoms with Crippen LogP contribution in [-0.4, -0.2) is 28.5 Å². The molecule has 1 rings (SSSR count). The molecule has 3 N–H and O–H groups in total. The Labute approximate surface area is 131 Å². The molecule has 0 saturated carbocycles. The van der Waals surface area contributed by atoms with E-state index >= 15 is 0 Å². The molecule has 0 saturated heterocycles. The summed E-state index contributed by atoms with van der Waals surface area (Å²) in [5.74, 6) is 0. The molecule has 2 amide bonds. The molecule has 1 aromatic rings. The highest BCUT2D eigenvalue weighted by Gasteiger charge is 2.11. The molecule has 0 bridgehead atoms. The molecule has 0 aliphatic carbocycles. The maximum absolute atomic E-state index is 11.7. The van der Waals surface area contributed by atoms with Gasteiger partial charge in [-0.05, 0) is 37.1 Å². The Morgan fingerprint density at radius 2 is 1.90 bits per heavy atom. The van der Waals surface area contributed by atoms with Crippen LogP contribution in [0.4, 0.5) is 10.5 Å². The monoisotopic (exact) mass is 310 g/mol. The molecule has 0 aliphatic rings. The lowest BCUT2D eigenvalue weighted by Gasteiger charge is -2.17. The number of nitrogens with one attached hydrogen (secondary N) is 2. The summed E-state index contributed by atoms with van der Waals surface area (Å²) in [5, 5.41) is 14.9. The van der Waals surface area contributed by atoms with E-state index in [0.717, 1.165) is 5.69 Å². The van der Waals surface area contributed by atoms with Crippen LogP contribution in [0.1, 0.15) is 40.5 Å². The van der Waals surface area contributed by atoms with Crippen molar-refractivity contribution < 1.29 is 9.90 Å². The minimum atomic E-state index is -0.348. The number of carbonyl (C=O) groups is 1. The summed E-state index contributed by atoms with van der Waals surface area (Å²) in [4.78, 5) is 12.9. The average Bonchev–Trinajstić information content (AvgIpc) is 2.39. The van der Waals surface area contributed by atoms with E-state index in [1.54, 1.807) is 11.8 Å². The first-order valence-electron chi connectivity index (χ1n) is 7.32. The highest BCUT2D eigenvalue weighted by atomic mass is 32.2. The lowest BCUT2D eigenvalue weighted by atomic mass is 10.2. The van der Waals surface area contributed by atoms with Gasteiger partial charge in [0, 0.05) is 21.9 Å². The van der Waals surface area contributed by atoms with Gasteiger partial charge >= 0.3 is 6.03 Å². The first-order valence-corrected chi connectivity index (χ1v) is 8.14. The van der Waals surface area contributed by atoms with Crippen molar-refractivity contribution in [2.24, 2.45) is 0 Å². The van der Waals surface area contributed by atoms with Gasteiger partial charge in [-0.1, -0.05) is 27.7 Å². The fraction of sp³-hybridized carbons (Fsp3) is 0.562. The molecule has 118 valence electrons. The fourth-order valence-electron chi connectivity index (χ4n) is 1.69. The van der Waals surface area contributed by atoms with Crippen molar-refractivity contribution >= 4 is 23.5 Å². The van der Waals surface area contributed by atoms with Gasteiger partial charge in [0.15, 0.2) is 0 Å². The Morgan fingerprint density at radius 3 is 2.43 bits per heavy atom. The van der Waals surface area contributed by atoms with Crippen molar-refractivity contribution in [2.45, 2.75) is 56.3 Å². The van der Waals surface area contributed by atoms with Crippen LogP contribution in [0.15, 0.2) is 29.2 Å². The van der Waals surface area contributed by atoms with Crippen LogP contribution >= 0.6 is 11.8 Å². The van der Waals surface area contributed by atoms with Crippen molar-refractivity contribution in [3.8, 4) is 0 Å². The largest absolute Gasteiger partial charge is 0.393 e. The van der Waals surface area contributed by atoms with E-state index in [2.05, 4.69) is 31.4 Å². The van der Waals surface area contributed by atoms with Gasteiger partial charge in [0.1, 0.15) is 0 Å². The normalized spacial score (nSPS) is 12.8. The minimum Gasteiger partial charge on any atom is -0.393 e. The molecule has 0 aromatic heterocycles. The third-order valence-corrected chi connectivity index (χ3v) is 3.89. The molecule has 0 spiro atoms. The zero-order valence-corrected chi connectivity index (χ0v) is 14.1. The Balaban J connectivity index is 2.39. The summed E-state index contributed by atoms with van der Waals surface area (Å²) in [6, 6.07) is 7.57. The third-order valence-electron chi connectivity index (χ3n) is 2.77. The van der Waals surface area contributed by atoms with Crippen LogP contribution in [0.2, 0.25) is 0 Å². The molecule has 1 atom stereocenters. The zero-order chi connectivity index (χ0) is 15.9. The zero-order valence-electron chi connectivity index (χ0n) is 13.3. The molecule has 4 nitrogen and oxygen atoms in total. The molecule has 5 heteroatoms. The predicted octanol–water partition coefficient (Wildman–Crippen LogP) is 3.86.